The van der Waals surface area contributed by atoms with Crippen molar-refractivity contribution in [3.8, 4) is 5.88 Å². The maximum atomic E-state index is 13.1. The lowest BCUT2D eigenvalue weighted by Crippen LogP contribution is -2.16. The quantitative estimate of drug-likeness (QED) is 0.621. The second-order valence-corrected chi connectivity index (χ2v) is 5.65. The van der Waals surface area contributed by atoms with Crippen LogP contribution in [0.2, 0.25) is 0 Å². The molecule has 0 fully saturated rings. The van der Waals surface area contributed by atoms with Crippen molar-refractivity contribution in [1.29, 1.82) is 0 Å². The number of ether oxygens (including phenoxy) is 1. The molecule has 0 aromatic carbocycles. The first-order valence-electron chi connectivity index (χ1n) is 8.03. The van der Waals surface area contributed by atoms with Gasteiger partial charge in [-0.25, -0.2) is 19.3 Å². The molecule has 0 unspecified atom stereocenters. The summed E-state index contributed by atoms with van der Waals surface area (Å²) >= 11 is 0. The van der Waals surface area contributed by atoms with Gasteiger partial charge in [0.05, 0.1) is 36.4 Å². The van der Waals surface area contributed by atoms with E-state index >= 15 is 0 Å². The van der Waals surface area contributed by atoms with Crippen LogP contribution in [0.4, 0.5) is 34.8 Å². The van der Waals surface area contributed by atoms with Crippen LogP contribution in [0.25, 0.3) is 0 Å². The molecule has 3 heterocycles. The van der Waals surface area contributed by atoms with E-state index in [1.54, 1.807) is 6.07 Å². The summed E-state index contributed by atoms with van der Waals surface area (Å²) < 4.78 is 57.1. The van der Waals surface area contributed by atoms with Gasteiger partial charge in [-0.05, 0) is 24.3 Å². The zero-order valence-corrected chi connectivity index (χ0v) is 14.8. The first kappa shape index (κ1) is 20.0. The SMILES string of the molecule is COc1ccc(Nc2ncc(C(F)(F)F)cc2NC(=O)c2ccc(F)cn2)cn1. The van der Waals surface area contributed by atoms with Gasteiger partial charge >= 0.3 is 6.18 Å². The van der Waals surface area contributed by atoms with Crippen molar-refractivity contribution in [3.05, 3.63) is 66.0 Å². The molecule has 0 saturated heterocycles. The molecular formula is C18H13F4N5O2. The predicted molar refractivity (Wildman–Crippen MR) is 95.5 cm³/mol. The van der Waals surface area contributed by atoms with E-state index in [-0.39, 0.29) is 17.2 Å². The Morgan fingerprint density at radius 2 is 1.83 bits per heavy atom. The lowest BCUT2D eigenvalue weighted by Gasteiger charge is -2.15. The molecule has 2 N–H and O–H groups in total. The number of rotatable bonds is 5. The topological polar surface area (TPSA) is 89.0 Å². The van der Waals surface area contributed by atoms with Gasteiger partial charge in [0.25, 0.3) is 5.91 Å². The van der Waals surface area contributed by atoms with E-state index in [0.29, 0.717) is 17.8 Å². The Hall–Kier alpha value is -3.76. The van der Waals surface area contributed by atoms with E-state index in [0.717, 1.165) is 24.4 Å². The Bertz CT molecular complexity index is 1010. The third kappa shape index (κ3) is 4.94. The number of aromatic nitrogens is 3. The average molecular weight is 407 g/mol. The van der Waals surface area contributed by atoms with Crippen LogP contribution in [-0.2, 0) is 6.18 Å². The van der Waals surface area contributed by atoms with E-state index in [1.807, 2.05) is 0 Å². The highest BCUT2D eigenvalue weighted by Gasteiger charge is 2.32. The molecule has 0 spiro atoms. The number of nitrogens with one attached hydrogen (secondary N) is 2. The molecule has 0 aliphatic rings. The summed E-state index contributed by atoms with van der Waals surface area (Å²) in [6.07, 6.45) is -1.83. The third-order valence-corrected chi connectivity index (χ3v) is 3.63. The number of hydrogen-bond donors (Lipinski definition) is 2. The number of hydrogen-bond acceptors (Lipinski definition) is 6. The molecule has 0 aliphatic carbocycles. The minimum absolute atomic E-state index is 0.0552. The summed E-state index contributed by atoms with van der Waals surface area (Å²) in [5.74, 6) is -1.20. The minimum Gasteiger partial charge on any atom is -0.481 e. The molecule has 0 bridgehead atoms. The van der Waals surface area contributed by atoms with Gasteiger partial charge in [0.15, 0.2) is 5.82 Å². The second-order valence-electron chi connectivity index (χ2n) is 5.65. The smallest absolute Gasteiger partial charge is 0.417 e. The highest BCUT2D eigenvalue weighted by Crippen LogP contribution is 2.33. The molecule has 29 heavy (non-hydrogen) atoms. The van der Waals surface area contributed by atoms with E-state index in [2.05, 4.69) is 25.6 Å². The second kappa shape index (κ2) is 8.09. The Labute approximate surface area is 161 Å². The van der Waals surface area contributed by atoms with Crippen molar-refractivity contribution in [2.24, 2.45) is 0 Å². The Balaban J connectivity index is 1.92. The van der Waals surface area contributed by atoms with Crippen molar-refractivity contribution < 1.29 is 27.1 Å². The van der Waals surface area contributed by atoms with Gasteiger partial charge in [-0.2, -0.15) is 13.2 Å². The van der Waals surface area contributed by atoms with Gasteiger partial charge in [0.1, 0.15) is 11.5 Å². The van der Waals surface area contributed by atoms with Crippen molar-refractivity contribution >= 4 is 23.1 Å². The van der Waals surface area contributed by atoms with Crippen LogP contribution < -0.4 is 15.4 Å². The number of nitrogens with zero attached hydrogens (tertiary/aromatic N) is 3. The number of methoxy groups -OCH3 is 1. The number of carbonyl (C=O) groups excluding carboxylic acids is 1. The lowest BCUT2D eigenvalue weighted by atomic mass is 10.2. The molecule has 3 aromatic rings. The average Bonchev–Trinajstić information content (AvgIpc) is 2.69. The Morgan fingerprint density at radius 3 is 2.41 bits per heavy atom. The van der Waals surface area contributed by atoms with Crippen LogP contribution in [0.1, 0.15) is 16.1 Å². The van der Waals surface area contributed by atoms with Gasteiger partial charge in [-0.1, -0.05) is 0 Å². The molecule has 1 amide bonds. The van der Waals surface area contributed by atoms with Gasteiger partial charge in [-0.3, -0.25) is 4.79 Å². The first-order valence-corrected chi connectivity index (χ1v) is 8.03. The van der Waals surface area contributed by atoms with Crippen molar-refractivity contribution in [2.45, 2.75) is 6.18 Å². The molecule has 11 heteroatoms. The van der Waals surface area contributed by atoms with E-state index < -0.39 is 23.5 Å². The summed E-state index contributed by atoms with van der Waals surface area (Å²) in [5.41, 5.74) is -1.08. The normalized spacial score (nSPS) is 11.1. The van der Waals surface area contributed by atoms with Gasteiger partial charge in [0.2, 0.25) is 5.88 Å². The maximum absolute atomic E-state index is 13.1. The van der Waals surface area contributed by atoms with Crippen molar-refractivity contribution in [3.63, 3.8) is 0 Å². The first-order chi connectivity index (χ1) is 13.8. The fourth-order valence-electron chi connectivity index (χ4n) is 2.22. The molecule has 150 valence electrons. The fraction of sp³-hybridized carbons (Fsp3) is 0.111. The van der Waals surface area contributed by atoms with Crippen LogP contribution in [0.3, 0.4) is 0 Å². The summed E-state index contributed by atoms with van der Waals surface area (Å²) in [4.78, 5) is 23.6. The van der Waals surface area contributed by atoms with Crippen LogP contribution in [-0.4, -0.2) is 28.0 Å². The van der Waals surface area contributed by atoms with Gasteiger partial charge in [0, 0.05) is 12.3 Å². The van der Waals surface area contributed by atoms with Gasteiger partial charge < -0.3 is 15.4 Å². The number of carbonyl (C=O) groups is 1. The highest BCUT2D eigenvalue weighted by atomic mass is 19.4. The van der Waals surface area contributed by atoms with Crippen molar-refractivity contribution in [1.82, 2.24) is 15.0 Å². The largest absolute Gasteiger partial charge is 0.481 e. The zero-order valence-electron chi connectivity index (χ0n) is 14.8. The van der Waals surface area contributed by atoms with Crippen LogP contribution >= 0.6 is 0 Å². The molecule has 3 aromatic heterocycles. The molecule has 0 aliphatic heterocycles. The molecule has 0 saturated carbocycles. The molecule has 7 nitrogen and oxygen atoms in total. The van der Waals surface area contributed by atoms with Crippen LogP contribution in [0.5, 0.6) is 5.88 Å². The minimum atomic E-state index is -4.67. The van der Waals surface area contributed by atoms with Crippen molar-refractivity contribution in [2.75, 3.05) is 17.7 Å². The molecular weight excluding hydrogens is 394 g/mol. The fourth-order valence-corrected chi connectivity index (χ4v) is 2.22. The Morgan fingerprint density at radius 1 is 1.03 bits per heavy atom. The number of halogens is 4. The van der Waals surface area contributed by atoms with E-state index in [4.69, 9.17) is 4.74 Å². The zero-order chi connectivity index (χ0) is 21.0. The molecule has 3 rings (SSSR count). The third-order valence-electron chi connectivity index (χ3n) is 3.63. The highest BCUT2D eigenvalue weighted by molar-refractivity contribution is 6.04. The maximum Gasteiger partial charge on any atom is 0.417 e. The van der Waals surface area contributed by atoms with E-state index in [1.165, 1.54) is 19.4 Å². The number of alkyl halides is 3. The van der Waals surface area contributed by atoms with Gasteiger partial charge in [-0.15, -0.1) is 0 Å². The molecule has 0 atom stereocenters. The number of anilines is 3. The summed E-state index contributed by atoms with van der Waals surface area (Å²) in [7, 11) is 1.43. The summed E-state index contributed by atoms with van der Waals surface area (Å²) in [5, 5.41) is 5.08. The van der Waals surface area contributed by atoms with Crippen LogP contribution in [0.15, 0.2) is 48.9 Å². The summed E-state index contributed by atoms with van der Waals surface area (Å²) in [6, 6.07) is 5.94. The standard InChI is InChI=1S/C18H13F4N5O2/c1-29-15-5-3-12(9-24-15)26-16-14(6-10(7-25-16)18(20,21)22)27-17(28)13-4-2-11(19)8-23-13/h2-9H,1H3,(H,25,26)(H,27,28). The van der Waals surface area contributed by atoms with E-state index in [9.17, 15) is 22.4 Å². The summed E-state index contributed by atoms with van der Waals surface area (Å²) in [6.45, 7) is 0. The number of amides is 1. The van der Waals surface area contributed by atoms with Crippen LogP contribution in [0, 0.1) is 5.82 Å². The molecule has 0 radical (unpaired) electrons. The lowest BCUT2D eigenvalue weighted by molar-refractivity contribution is -0.137. The monoisotopic (exact) mass is 407 g/mol. The Kier molecular flexibility index (Phi) is 5.57. The predicted octanol–water partition coefficient (Wildman–Crippen LogP) is 4.03. The number of pyridine rings is 3.